The van der Waals surface area contributed by atoms with E-state index in [9.17, 15) is 0 Å². The van der Waals surface area contributed by atoms with Crippen LogP contribution >= 0.6 is 0 Å². The molecule has 0 aromatic rings. The third kappa shape index (κ3) is 13.4. The van der Waals surface area contributed by atoms with Gasteiger partial charge in [0.05, 0.1) is 6.61 Å². The lowest BCUT2D eigenvalue weighted by atomic mass is 10.1. The van der Waals surface area contributed by atoms with Gasteiger partial charge >= 0.3 is 0 Å². The summed E-state index contributed by atoms with van der Waals surface area (Å²) in [6.07, 6.45) is 20.4. The minimum atomic E-state index is 0.0403. The zero-order valence-corrected chi connectivity index (χ0v) is 15.2. The van der Waals surface area contributed by atoms with E-state index in [4.69, 9.17) is 9.47 Å². The van der Waals surface area contributed by atoms with Gasteiger partial charge in [0.2, 0.25) is 0 Å². The molecule has 1 aliphatic heterocycles. The minimum absolute atomic E-state index is 0.0403. The van der Waals surface area contributed by atoms with Crippen LogP contribution in [0.15, 0.2) is 12.2 Å². The smallest absolute Gasteiger partial charge is 0.157 e. The van der Waals surface area contributed by atoms with E-state index >= 15 is 0 Å². The first kappa shape index (κ1) is 20.3. The summed E-state index contributed by atoms with van der Waals surface area (Å²) in [6.45, 7) is 3.89. The van der Waals surface area contributed by atoms with Crippen LogP contribution in [0.25, 0.3) is 0 Å². The Balaban J connectivity index is 1.82. The van der Waals surface area contributed by atoms with Crippen molar-refractivity contribution in [3.63, 3.8) is 0 Å². The van der Waals surface area contributed by atoms with Crippen LogP contribution in [0.3, 0.4) is 0 Å². The van der Waals surface area contributed by atoms with Gasteiger partial charge in [0, 0.05) is 13.0 Å². The molecule has 23 heavy (non-hydrogen) atoms. The van der Waals surface area contributed by atoms with Crippen LogP contribution in [-0.4, -0.2) is 19.5 Å². The van der Waals surface area contributed by atoms with Crippen LogP contribution in [0.5, 0.6) is 0 Å². The van der Waals surface area contributed by atoms with Crippen molar-refractivity contribution in [1.29, 1.82) is 0 Å². The molecular formula is C21H36O2. The number of ether oxygens (including phenoxy) is 2. The minimum Gasteiger partial charge on any atom is -0.353 e. The molecule has 0 aromatic carbocycles. The van der Waals surface area contributed by atoms with E-state index in [1.54, 1.807) is 0 Å². The maximum Gasteiger partial charge on any atom is 0.157 e. The van der Waals surface area contributed by atoms with Gasteiger partial charge in [-0.05, 0) is 44.6 Å². The van der Waals surface area contributed by atoms with Crippen LogP contribution in [0.1, 0.15) is 90.4 Å². The lowest BCUT2D eigenvalue weighted by Gasteiger charge is -2.22. The largest absolute Gasteiger partial charge is 0.353 e. The fourth-order valence-electron chi connectivity index (χ4n) is 2.71. The van der Waals surface area contributed by atoms with Crippen LogP contribution in [0, 0.1) is 11.8 Å². The highest BCUT2D eigenvalue weighted by atomic mass is 16.7. The molecule has 1 heterocycles. The van der Waals surface area contributed by atoms with E-state index in [0.717, 1.165) is 32.5 Å². The van der Waals surface area contributed by atoms with Crippen molar-refractivity contribution in [1.82, 2.24) is 0 Å². The van der Waals surface area contributed by atoms with E-state index in [2.05, 4.69) is 24.8 Å². The summed E-state index contributed by atoms with van der Waals surface area (Å²) >= 11 is 0. The number of hydrogen-bond acceptors (Lipinski definition) is 2. The molecule has 0 aliphatic carbocycles. The van der Waals surface area contributed by atoms with Gasteiger partial charge in [0.15, 0.2) is 6.29 Å². The Kier molecular flexibility index (Phi) is 14.2. The molecule has 0 spiro atoms. The van der Waals surface area contributed by atoms with E-state index in [1.165, 1.54) is 64.2 Å². The molecule has 0 aromatic heterocycles. The molecule has 0 radical (unpaired) electrons. The van der Waals surface area contributed by atoms with Gasteiger partial charge in [0.1, 0.15) is 0 Å². The van der Waals surface area contributed by atoms with E-state index in [1.807, 2.05) is 6.08 Å². The standard InChI is InChI=1S/C21H36O2/c1-2-3-4-5-6-7-8-9-10-11-12-13-14-16-19-22-21-18-15-17-20-23-21/h10-11,21H,2-9,14-20H2,1H3/b11-10+. The average molecular weight is 321 g/mol. The zero-order valence-electron chi connectivity index (χ0n) is 15.2. The topological polar surface area (TPSA) is 18.5 Å². The Hall–Kier alpha value is -0.780. The molecule has 0 amide bonds. The van der Waals surface area contributed by atoms with Crippen molar-refractivity contribution in [2.75, 3.05) is 13.2 Å². The summed E-state index contributed by atoms with van der Waals surface area (Å²) in [6, 6.07) is 0. The number of allylic oxidation sites excluding steroid dienone is 2. The first-order valence-electron chi connectivity index (χ1n) is 9.80. The van der Waals surface area contributed by atoms with Gasteiger partial charge in [-0.25, -0.2) is 0 Å². The normalized spacial score (nSPS) is 18.0. The molecule has 1 unspecified atom stereocenters. The fraction of sp³-hybridized carbons (Fsp3) is 0.810. The van der Waals surface area contributed by atoms with Crippen LogP contribution < -0.4 is 0 Å². The molecule has 1 saturated heterocycles. The Bertz CT molecular complexity index is 331. The Morgan fingerprint density at radius 2 is 1.87 bits per heavy atom. The Morgan fingerprint density at radius 3 is 2.65 bits per heavy atom. The molecule has 132 valence electrons. The van der Waals surface area contributed by atoms with Gasteiger partial charge < -0.3 is 9.47 Å². The highest BCUT2D eigenvalue weighted by molar-refractivity contribution is 5.14. The van der Waals surface area contributed by atoms with Crippen molar-refractivity contribution in [2.45, 2.75) is 96.7 Å². The van der Waals surface area contributed by atoms with Crippen molar-refractivity contribution in [3.8, 4) is 11.8 Å². The van der Waals surface area contributed by atoms with E-state index in [0.29, 0.717) is 0 Å². The van der Waals surface area contributed by atoms with Gasteiger partial charge in [-0.3, -0.25) is 0 Å². The second-order valence-corrected chi connectivity index (χ2v) is 6.40. The van der Waals surface area contributed by atoms with Crippen molar-refractivity contribution < 1.29 is 9.47 Å². The second-order valence-electron chi connectivity index (χ2n) is 6.40. The van der Waals surface area contributed by atoms with E-state index in [-0.39, 0.29) is 6.29 Å². The number of unbranched alkanes of at least 4 members (excludes halogenated alkanes) is 8. The summed E-state index contributed by atoms with van der Waals surface area (Å²) in [5, 5.41) is 0. The van der Waals surface area contributed by atoms with Crippen molar-refractivity contribution in [3.05, 3.63) is 12.2 Å². The van der Waals surface area contributed by atoms with Gasteiger partial charge in [0.25, 0.3) is 0 Å². The molecule has 1 fully saturated rings. The molecule has 1 rings (SSSR count). The molecule has 0 N–H and O–H groups in total. The molecular weight excluding hydrogens is 284 g/mol. The lowest BCUT2D eigenvalue weighted by molar-refractivity contribution is -0.162. The first-order valence-corrected chi connectivity index (χ1v) is 9.80. The molecule has 2 heteroatoms. The highest BCUT2D eigenvalue weighted by Gasteiger charge is 2.12. The molecule has 0 bridgehead atoms. The zero-order chi connectivity index (χ0) is 16.4. The number of hydrogen-bond donors (Lipinski definition) is 0. The Labute approximate surface area is 144 Å². The maximum absolute atomic E-state index is 5.68. The van der Waals surface area contributed by atoms with Gasteiger partial charge in [-0.15, -0.1) is 0 Å². The molecule has 0 saturated carbocycles. The average Bonchev–Trinajstić information content (AvgIpc) is 2.59. The SMILES string of the molecule is CCCCCCCCC/C=C/C#CCCCOC1CCCCO1. The fourth-order valence-corrected chi connectivity index (χ4v) is 2.71. The van der Waals surface area contributed by atoms with Gasteiger partial charge in [-0.1, -0.05) is 63.4 Å². The molecule has 2 nitrogen and oxygen atoms in total. The van der Waals surface area contributed by atoms with E-state index < -0.39 is 0 Å². The molecule has 1 aliphatic rings. The molecule has 1 atom stereocenters. The predicted octanol–water partition coefficient (Wildman–Crippen LogP) is 6.01. The summed E-state index contributed by atoms with van der Waals surface area (Å²) in [5.41, 5.74) is 0. The maximum atomic E-state index is 5.68. The summed E-state index contributed by atoms with van der Waals surface area (Å²) < 4.78 is 11.2. The number of rotatable bonds is 12. The third-order valence-corrected chi connectivity index (χ3v) is 4.17. The quantitative estimate of drug-likeness (QED) is 0.324. The second kappa shape index (κ2) is 16.1. The third-order valence-electron chi connectivity index (χ3n) is 4.17. The summed E-state index contributed by atoms with van der Waals surface area (Å²) in [5.74, 6) is 6.32. The van der Waals surface area contributed by atoms with Crippen LogP contribution in [0.4, 0.5) is 0 Å². The van der Waals surface area contributed by atoms with Crippen LogP contribution in [-0.2, 0) is 9.47 Å². The lowest BCUT2D eigenvalue weighted by Crippen LogP contribution is -2.22. The van der Waals surface area contributed by atoms with Gasteiger partial charge in [-0.2, -0.15) is 0 Å². The first-order chi connectivity index (χ1) is 11.4. The summed E-state index contributed by atoms with van der Waals surface area (Å²) in [7, 11) is 0. The monoisotopic (exact) mass is 320 g/mol. The highest BCUT2D eigenvalue weighted by Crippen LogP contribution is 2.13. The van der Waals surface area contributed by atoms with Crippen LogP contribution in [0.2, 0.25) is 0 Å². The summed E-state index contributed by atoms with van der Waals surface area (Å²) in [4.78, 5) is 0. The Morgan fingerprint density at radius 1 is 1.04 bits per heavy atom. The predicted molar refractivity (Wildman–Crippen MR) is 98.3 cm³/mol. The van der Waals surface area contributed by atoms with Crippen molar-refractivity contribution >= 4 is 0 Å². The van der Waals surface area contributed by atoms with Crippen molar-refractivity contribution in [2.24, 2.45) is 0 Å².